The first kappa shape index (κ1) is 35.0. The highest BCUT2D eigenvalue weighted by atomic mass is 15.2. The van der Waals surface area contributed by atoms with Gasteiger partial charge in [-0.15, -0.1) is 0 Å². The second-order valence-electron chi connectivity index (χ2n) is 15.0. The van der Waals surface area contributed by atoms with E-state index >= 15 is 0 Å². The fourth-order valence-electron chi connectivity index (χ4n) is 8.78. The molecular weight excluding hydrogens is 701 g/mol. The zero-order chi connectivity index (χ0) is 39.0. The first-order chi connectivity index (χ1) is 28.7. The summed E-state index contributed by atoms with van der Waals surface area (Å²) in [6.45, 7) is 4.44. The summed E-state index contributed by atoms with van der Waals surface area (Å²) in [5.41, 5.74) is 19.0. The number of aryl methyl sites for hydroxylation is 2. The van der Waals surface area contributed by atoms with Crippen LogP contribution in [-0.2, 0) is 0 Å². The van der Waals surface area contributed by atoms with Crippen molar-refractivity contribution in [3.8, 4) is 50.2 Å². The maximum absolute atomic E-state index is 2.50. The summed E-state index contributed by atoms with van der Waals surface area (Å²) in [4.78, 5) is 2.46. The lowest BCUT2D eigenvalue weighted by molar-refractivity contribution is 1.18. The number of nitrogens with zero attached hydrogens (tertiary/aromatic N) is 2. The van der Waals surface area contributed by atoms with E-state index in [4.69, 9.17) is 0 Å². The van der Waals surface area contributed by atoms with E-state index in [0.717, 1.165) is 33.8 Å². The Morgan fingerprint density at radius 3 is 1.59 bits per heavy atom. The Kier molecular flexibility index (Phi) is 9.01. The first-order valence-electron chi connectivity index (χ1n) is 20.0. The van der Waals surface area contributed by atoms with Gasteiger partial charge in [0.15, 0.2) is 0 Å². The molecule has 10 aromatic rings. The van der Waals surface area contributed by atoms with Gasteiger partial charge < -0.3 is 9.47 Å². The Balaban J connectivity index is 1.28. The smallest absolute Gasteiger partial charge is 0.0562 e. The van der Waals surface area contributed by atoms with Gasteiger partial charge in [-0.25, -0.2) is 0 Å². The number of anilines is 3. The SMILES string of the molecule is Cc1ccccc1-c1cccc(-n2c3ccccc3c3c(N(c4ccc(-c5ccccc5)cc4)c4ccccc4-c4ccccc4)cccc32)c1-c1ccccc1C. The highest BCUT2D eigenvalue weighted by Crippen LogP contribution is 2.48. The summed E-state index contributed by atoms with van der Waals surface area (Å²) in [6, 6.07) is 79.2. The zero-order valence-corrected chi connectivity index (χ0v) is 32.7. The average molecular weight is 743 g/mol. The van der Waals surface area contributed by atoms with Crippen LogP contribution in [0.3, 0.4) is 0 Å². The van der Waals surface area contributed by atoms with Crippen molar-refractivity contribution in [3.63, 3.8) is 0 Å². The van der Waals surface area contributed by atoms with Crippen LogP contribution in [0.25, 0.3) is 72.0 Å². The maximum atomic E-state index is 2.50. The Bertz CT molecular complexity index is 3070. The lowest BCUT2D eigenvalue weighted by Crippen LogP contribution is -2.11. The minimum absolute atomic E-state index is 1.09. The fourth-order valence-corrected chi connectivity index (χ4v) is 8.78. The summed E-state index contributed by atoms with van der Waals surface area (Å²) >= 11 is 0. The molecule has 0 saturated heterocycles. The van der Waals surface area contributed by atoms with Gasteiger partial charge in [-0.2, -0.15) is 0 Å². The number of fused-ring (bicyclic) bond motifs is 3. The van der Waals surface area contributed by atoms with Crippen molar-refractivity contribution in [2.45, 2.75) is 13.8 Å². The maximum Gasteiger partial charge on any atom is 0.0562 e. The highest BCUT2D eigenvalue weighted by Gasteiger charge is 2.25. The van der Waals surface area contributed by atoms with Crippen molar-refractivity contribution in [2.24, 2.45) is 0 Å². The summed E-state index contributed by atoms with van der Waals surface area (Å²) in [5, 5.41) is 2.40. The first-order valence-corrected chi connectivity index (χ1v) is 20.0. The minimum Gasteiger partial charge on any atom is -0.309 e. The van der Waals surface area contributed by atoms with E-state index in [9.17, 15) is 0 Å². The molecule has 0 aliphatic carbocycles. The van der Waals surface area contributed by atoms with Crippen LogP contribution < -0.4 is 4.90 Å². The number of hydrogen-bond acceptors (Lipinski definition) is 1. The van der Waals surface area contributed by atoms with E-state index in [1.807, 2.05) is 0 Å². The number of para-hydroxylation sites is 2. The molecule has 0 radical (unpaired) electrons. The summed E-state index contributed by atoms with van der Waals surface area (Å²) in [5.74, 6) is 0. The van der Waals surface area contributed by atoms with Gasteiger partial charge in [-0.1, -0.05) is 176 Å². The van der Waals surface area contributed by atoms with Crippen molar-refractivity contribution in [1.82, 2.24) is 4.57 Å². The van der Waals surface area contributed by atoms with Crippen LogP contribution in [0.4, 0.5) is 17.1 Å². The second kappa shape index (κ2) is 14.9. The third-order valence-electron chi connectivity index (χ3n) is 11.5. The van der Waals surface area contributed by atoms with Gasteiger partial charge in [-0.05, 0) is 101 Å². The number of rotatable bonds is 8. The number of benzene rings is 9. The second-order valence-corrected chi connectivity index (χ2v) is 15.0. The van der Waals surface area contributed by atoms with Gasteiger partial charge in [0.05, 0.1) is 28.1 Å². The molecule has 0 atom stereocenters. The molecule has 0 N–H and O–H groups in total. The molecule has 9 aromatic carbocycles. The molecule has 1 aromatic heterocycles. The molecule has 2 nitrogen and oxygen atoms in total. The predicted molar refractivity (Wildman–Crippen MR) is 247 cm³/mol. The van der Waals surface area contributed by atoms with E-state index in [-0.39, 0.29) is 0 Å². The molecule has 0 unspecified atom stereocenters. The van der Waals surface area contributed by atoms with Crippen LogP contribution in [-0.4, -0.2) is 4.57 Å². The standard InChI is InChI=1S/C56H42N2/c1-39-19-9-11-25-45(39)48-29-17-32-52(55(48)46-26-12-10-20-40(46)2)58-51-31-16-14-28-49(51)56-53(33-18-34-54(56)58)57(44-37-35-42(36-38-44)41-21-5-3-6-22-41)50-30-15-13-27-47(50)43-23-7-4-8-24-43/h3-38H,1-2H3. The van der Waals surface area contributed by atoms with E-state index in [2.05, 4.69) is 242 Å². The van der Waals surface area contributed by atoms with E-state index in [1.165, 1.54) is 66.4 Å². The average Bonchev–Trinajstić information content (AvgIpc) is 3.63. The monoisotopic (exact) mass is 742 g/mol. The number of aromatic nitrogens is 1. The minimum atomic E-state index is 1.09. The molecule has 0 amide bonds. The van der Waals surface area contributed by atoms with Gasteiger partial charge in [0.2, 0.25) is 0 Å². The molecule has 0 fully saturated rings. The van der Waals surface area contributed by atoms with Crippen LogP contribution >= 0.6 is 0 Å². The fraction of sp³-hybridized carbons (Fsp3) is 0.0357. The largest absolute Gasteiger partial charge is 0.309 e. The summed E-state index contributed by atoms with van der Waals surface area (Å²) < 4.78 is 2.50. The van der Waals surface area contributed by atoms with E-state index in [1.54, 1.807) is 0 Å². The Morgan fingerprint density at radius 1 is 0.345 bits per heavy atom. The number of hydrogen-bond donors (Lipinski definition) is 0. The zero-order valence-electron chi connectivity index (χ0n) is 32.7. The van der Waals surface area contributed by atoms with Crippen molar-refractivity contribution < 1.29 is 0 Å². The van der Waals surface area contributed by atoms with Gasteiger partial charge in [0.25, 0.3) is 0 Å². The lowest BCUT2D eigenvalue weighted by atomic mass is 9.89. The molecule has 1 heterocycles. The van der Waals surface area contributed by atoms with E-state index in [0.29, 0.717) is 0 Å². The van der Waals surface area contributed by atoms with Crippen LogP contribution in [0, 0.1) is 13.8 Å². The van der Waals surface area contributed by atoms with Crippen LogP contribution in [0.15, 0.2) is 218 Å². The van der Waals surface area contributed by atoms with Crippen molar-refractivity contribution in [3.05, 3.63) is 230 Å². The van der Waals surface area contributed by atoms with Crippen LogP contribution in [0.1, 0.15) is 11.1 Å². The van der Waals surface area contributed by atoms with Gasteiger partial charge >= 0.3 is 0 Å². The third kappa shape index (κ3) is 6.07. The molecule has 0 saturated carbocycles. The summed E-state index contributed by atoms with van der Waals surface area (Å²) in [7, 11) is 0. The topological polar surface area (TPSA) is 8.17 Å². The van der Waals surface area contributed by atoms with Gasteiger partial charge in [0, 0.05) is 27.6 Å². The predicted octanol–water partition coefficient (Wildman–Crippen LogP) is 15.5. The third-order valence-corrected chi connectivity index (χ3v) is 11.5. The molecule has 2 heteroatoms. The van der Waals surface area contributed by atoms with Crippen molar-refractivity contribution in [2.75, 3.05) is 4.90 Å². The van der Waals surface area contributed by atoms with Gasteiger partial charge in [-0.3, -0.25) is 0 Å². The van der Waals surface area contributed by atoms with Crippen molar-refractivity contribution in [1.29, 1.82) is 0 Å². The molecule has 58 heavy (non-hydrogen) atoms. The molecule has 0 bridgehead atoms. The lowest BCUT2D eigenvalue weighted by Gasteiger charge is -2.29. The molecule has 276 valence electrons. The Hall–Kier alpha value is -7.42. The Labute approximate surface area is 340 Å². The van der Waals surface area contributed by atoms with Crippen molar-refractivity contribution >= 4 is 38.9 Å². The van der Waals surface area contributed by atoms with Crippen LogP contribution in [0.2, 0.25) is 0 Å². The Morgan fingerprint density at radius 2 is 0.862 bits per heavy atom. The highest BCUT2D eigenvalue weighted by molar-refractivity contribution is 6.17. The molecule has 0 aliphatic rings. The van der Waals surface area contributed by atoms with Crippen LogP contribution in [0.5, 0.6) is 0 Å². The quantitative estimate of drug-likeness (QED) is 0.150. The summed E-state index contributed by atoms with van der Waals surface area (Å²) in [6.07, 6.45) is 0. The molecule has 10 rings (SSSR count). The molecule has 0 aliphatic heterocycles. The molecular formula is C56H42N2. The molecule has 0 spiro atoms. The van der Waals surface area contributed by atoms with Gasteiger partial charge in [0.1, 0.15) is 0 Å². The van der Waals surface area contributed by atoms with E-state index < -0.39 is 0 Å². The normalized spacial score (nSPS) is 11.3.